The molecule has 0 radical (unpaired) electrons. The number of thiol groups is 2. The number of benzene rings is 1. The van der Waals surface area contributed by atoms with Crippen LogP contribution in [0.4, 0.5) is 11.4 Å². The van der Waals surface area contributed by atoms with E-state index in [4.69, 9.17) is 11.5 Å². The highest BCUT2D eigenvalue weighted by Gasteiger charge is 2.08. The minimum Gasteiger partial charge on any atom is -0.397 e. The number of rotatable bonds is 1. The number of nitrogen functional groups attached to an aromatic ring is 2. The van der Waals surface area contributed by atoms with Crippen molar-refractivity contribution in [2.24, 2.45) is 0 Å². The number of nitrogens with two attached hydrogens (primary N) is 2. The summed E-state index contributed by atoms with van der Waals surface area (Å²) in [6, 6.07) is 3.81. The van der Waals surface area contributed by atoms with E-state index in [2.05, 4.69) is 25.3 Å². The lowest BCUT2D eigenvalue weighted by molar-refractivity contribution is 1.36. The summed E-state index contributed by atoms with van der Waals surface area (Å²) >= 11 is 8.33. The highest BCUT2D eigenvalue weighted by atomic mass is 32.2. The van der Waals surface area contributed by atoms with E-state index < -0.39 is 0 Å². The van der Waals surface area contributed by atoms with Gasteiger partial charge in [0, 0.05) is 0 Å². The van der Waals surface area contributed by atoms with Gasteiger partial charge in [-0.15, -0.1) is 0 Å². The van der Waals surface area contributed by atoms with Crippen LogP contribution >= 0.6 is 25.3 Å². The van der Waals surface area contributed by atoms with E-state index in [1.807, 2.05) is 19.1 Å². The van der Waals surface area contributed by atoms with Crippen LogP contribution in [0.2, 0.25) is 0 Å². The third kappa shape index (κ3) is 1.64. The highest BCUT2D eigenvalue weighted by Crippen LogP contribution is 2.33. The topological polar surface area (TPSA) is 52.0 Å². The maximum atomic E-state index is 5.76. The molecule has 4 heteroatoms. The summed E-state index contributed by atoms with van der Waals surface area (Å²) in [5.41, 5.74) is 14.6. The fraction of sp³-hybridized carbons (Fsp3) is 0.250. The van der Waals surface area contributed by atoms with Gasteiger partial charge in [-0.3, -0.25) is 0 Å². The molecule has 0 amide bonds. The standard InChI is InChI=1S/C8H12N2S2/c1-4-2-3-5(8(11)12)7(10)6(4)9/h2-3,8,11-12H,9-10H2,1H3. The summed E-state index contributed by atoms with van der Waals surface area (Å²) in [6.45, 7) is 1.92. The van der Waals surface area contributed by atoms with Crippen LogP contribution in [0.1, 0.15) is 15.7 Å². The molecule has 0 saturated carbocycles. The van der Waals surface area contributed by atoms with Crippen LogP contribution in [0.25, 0.3) is 0 Å². The minimum absolute atomic E-state index is 0.173. The summed E-state index contributed by atoms with van der Waals surface area (Å²) in [7, 11) is 0. The van der Waals surface area contributed by atoms with Crippen molar-refractivity contribution in [2.45, 2.75) is 11.5 Å². The molecule has 4 N–H and O–H groups in total. The Morgan fingerprint density at radius 3 is 2.25 bits per heavy atom. The SMILES string of the molecule is Cc1ccc(C(S)S)c(N)c1N. The Labute approximate surface area is 83.2 Å². The molecule has 0 heterocycles. The van der Waals surface area contributed by atoms with Gasteiger partial charge in [-0.2, -0.15) is 25.3 Å². The second-order valence-corrected chi connectivity index (χ2v) is 4.11. The number of anilines is 2. The summed E-state index contributed by atoms with van der Waals surface area (Å²) in [5.74, 6) is 0. The summed E-state index contributed by atoms with van der Waals surface area (Å²) in [4.78, 5) is 0. The zero-order valence-electron chi connectivity index (χ0n) is 6.78. The molecule has 0 unspecified atom stereocenters. The van der Waals surface area contributed by atoms with E-state index in [1.165, 1.54) is 0 Å². The molecule has 0 bridgehead atoms. The number of hydrogen-bond acceptors (Lipinski definition) is 4. The molecule has 12 heavy (non-hydrogen) atoms. The lowest BCUT2D eigenvalue weighted by Gasteiger charge is -2.11. The van der Waals surface area contributed by atoms with Crippen LogP contribution in [0.5, 0.6) is 0 Å². The van der Waals surface area contributed by atoms with Crippen LogP contribution in [-0.2, 0) is 0 Å². The molecular formula is C8H12N2S2. The van der Waals surface area contributed by atoms with Gasteiger partial charge in [-0.25, -0.2) is 0 Å². The van der Waals surface area contributed by atoms with Gasteiger partial charge in [0.1, 0.15) is 0 Å². The predicted molar refractivity (Wildman–Crippen MR) is 60.7 cm³/mol. The Hall–Kier alpha value is -0.480. The Morgan fingerprint density at radius 1 is 1.17 bits per heavy atom. The lowest BCUT2D eigenvalue weighted by atomic mass is 10.1. The van der Waals surface area contributed by atoms with Crippen molar-refractivity contribution in [1.82, 2.24) is 0 Å². The molecule has 1 aromatic carbocycles. The Bertz CT molecular complexity index is 297. The van der Waals surface area contributed by atoms with Crippen molar-refractivity contribution in [2.75, 3.05) is 11.5 Å². The second kappa shape index (κ2) is 3.49. The van der Waals surface area contributed by atoms with Gasteiger partial charge >= 0.3 is 0 Å². The molecule has 0 aromatic heterocycles. The van der Waals surface area contributed by atoms with Crippen LogP contribution in [0.3, 0.4) is 0 Å². The summed E-state index contributed by atoms with van der Waals surface area (Å²) in [6.07, 6.45) is 0. The Balaban J connectivity index is 3.27. The van der Waals surface area contributed by atoms with Gasteiger partial charge in [0.15, 0.2) is 0 Å². The first-order valence-corrected chi connectivity index (χ1v) is 4.58. The van der Waals surface area contributed by atoms with E-state index >= 15 is 0 Å². The van der Waals surface area contributed by atoms with Crippen LogP contribution in [0, 0.1) is 6.92 Å². The molecule has 1 rings (SSSR count). The van der Waals surface area contributed by atoms with Crippen molar-refractivity contribution in [3.05, 3.63) is 23.3 Å². The normalized spacial score (nSPS) is 10.7. The zero-order chi connectivity index (χ0) is 9.30. The third-order valence-electron chi connectivity index (χ3n) is 1.82. The smallest absolute Gasteiger partial charge is 0.0712 e. The average molecular weight is 200 g/mol. The number of hydrogen-bond donors (Lipinski definition) is 4. The predicted octanol–water partition coefficient (Wildman–Crippen LogP) is 2.02. The molecule has 66 valence electrons. The van der Waals surface area contributed by atoms with E-state index in [1.54, 1.807) is 0 Å². The Morgan fingerprint density at radius 2 is 1.75 bits per heavy atom. The van der Waals surface area contributed by atoms with E-state index in [-0.39, 0.29) is 4.58 Å². The fourth-order valence-electron chi connectivity index (χ4n) is 0.987. The second-order valence-electron chi connectivity index (χ2n) is 2.67. The molecule has 0 saturated heterocycles. The zero-order valence-corrected chi connectivity index (χ0v) is 8.57. The molecule has 0 fully saturated rings. The highest BCUT2D eigenvalue weighted by molar-refractivity contribution is 7.98. The maximum Gasteiger partial charge on any atom is 0.0712 e. The maximum absolute atomic E-state index is 5.76. The molecule has 1 aromatic rings. The molecule has 0 atom stereocenters. The van der Waals surface area contributed by atoms with Crippen molar-refractivity contribution in [3.8, 4) is 0 Å². The van der Waals surface area contributed by atoms with Gasteiger partial charge in [0.05, 0.1) is 16.0 Å². The van der Waals surface area contributed by atoms with E-state index in [9.17, 15) is 0 Å². The third-order valence-corrected chi connectivity index (χ3v) is 2.37. The van der Waals surface area contributed by atoms with Crippen LogP contribution < -0.4 is 11.5 Å². The summed E-state index contributed by atoms with van der Waals surface area (Å²) in [5, 5.41) is 0. The monoisotopic (exact) mass is 200 g/mol. The fourth-order valence-corrected chi connectivity index (χ4v) is 1.44. The van der Waals surface area contributed by atoms with Gasteiger partial charge in [-0.05, 0) is 18.1 Å². The molecule has 0 aliphatic carbocycles. The van der Waals surface area contributed by atoms with Crippen molar-refractivity contribution in [3.63, 3.8) is 0 Å². The van der Waals surface area contributed by atoms with Gasteiger partial charge in [0.25, 0.3) is 0 Å². The van der Waals surface area contributed by atoms with E-state index in [0.29, 0.717) is 11.4 Å². The van der Waals surface area contributed by atoms with Crippen LogP contribution in [0.15, 0.2) is 12.1 Å². The first-order valence-electron chi connectivity index (χ1n) is 3.54. The van der Waals surface area contributed by atoms with Gasteiger partial charge in [0.2, 0.25) is 0 Å². The summed E-state index contributed by atoms with van der Waals surface area (Å²) < 4.78 is -0.173. The van der Waals surface area contributed by atoms with Gasteiger partial charge < -0.3 is 11.5 Å². The molecular weight excluding hydrogens is 188 g/mol. The Kier molecular flexibility index (Phi) is 2.80. The molecule has 2 nitrogen and oxygen atoms in total. The van der Waals surface area contributed by atoms with E-state index in [0.717, 1.165) is 11.1 Å². The van der Waals surface area contributed by atoms with Crippen LogP contribution in [-0.4, -0.2) is 0 Å². The average Bonchev–Trinajstić information content (AvgIpc) is 2.00. The lowest BCUT2D eigenvalue weighted by Crippen LogP contribution is -2.01. The minimum atomic E-state index is -0.173. The molecule has 0 aliphatic rings. The molecule has 0 aliphatic heterocycles. The van der Waals surface area contributed by atoms with Crippen molar-refractivity contribution < 1.29 is 0 Å². The van der Waals surface area contributed by atoms with Crippen molar-refractivity contribution in [1.29, 1.82) is 0 Å². The molecule has 0 spiro atoms. The first kappa shape index (κ1) is 9.61. The largest absolute Gasteiger partial charge is 0.397 e. The quantitative estimate of drug-likeness (QED) is 0.318. The van der Waals surface area contributed by atoms with Gasteiger partial charge in [-0.1, -0.05) is 12.1 Å². The first-order chi connectivity index (χ1) is 5.54. The number of aryl methyl sites for hydroxylation is 1. The van der Waals surface area contributed by atoms with Crippen molar-refractivity contribution >= 4 is 36.6 Å².